The van der Waals surface area contributed by atoms with Gasteiger partial charge in [-0.05, 0) is 51.8 Å². The van der Waals surface area contributed by atoms with Gasteiger partial charge in [-0.2, -0.15) is 0 Å². The predicted molar refractivity (Wildman–Crippen MR) is 91.7 cm³/mol. The third-order valence-corrected chi connectivity index (χ3v) is 4.04. The van der Waals surface area contributed by atoms with Crippen LogP contribution in [-0.2, 0) is 4.79 Å². The van der Waals surface area contributed by atoms with Gasteiger partial charge < -0.3 is 5.32 Å². The third kappa shape index (κ3) is 4.37. The quantitative estimate of drug-likeness (QED) is 0.878. The summed E-state index contributed by atoms with van der Waals surface area (Å²) in [6.45, 7) is 10.1. The number of aromatic nitrogens is 2. The predicted octanol–water partition coefficient (Wildman–Crippen LogP) is 3.50. The molecule has 5 heteroatoms. The first-order valence-corrected chi connectivity index (χ1v) is 8.29. The van der Waals surface area contributed by atoms with Gasteiger partial charge in [-0.25, -0.2) is 4.98 Å². The molecule has 4 nitrogen and oxygen atoms in total. The van der Waals surface area contributed by atoms with Crippen LogP contribution in [0.15, 0.2) is 35.7 Å². The summed E-state index contributed by atoms with van der Waals surface area (Å²) in [4.78, 5) is 16.3. The molecule has 1 amide bonds. The summed E-state index contributed by atoms with van der Waals surface area (Å²) in [7, 11) is 0. The van der Waals surface area contributed by atoms with Crippen LogP contribution in [0, 0.1) is 13.8 Å². The lowest BCUT2D eigenvalue weighted by atomic mass is 10.1. The molecule has 0 aliphatic carbocycles. The lowest BCUT2D eigenvalue weighted by Crippen LogP contribution is -2.41. The van der Waals surface area contributed by atoms with Crippen molar-refractivity contribution in [3.63, 3.8) is 0 Å². The summed E-state index contributed by atoms with van der Waals surface area (Å²) in [5, 5.41) is 3.80. The molecule has 0 radical (unpaired) electrons. The molecule has 0 fully saturated rings. The Morgan fingerprint density at radius 3 is 2.73 bits per heavy atom. The van der Waals surface area contributed by atoms with Gasteiger partial charge in [-0.1, -0.05) is 23.9 Å². The average Bonchev–Trinajstić information content (AvgIpc) is 2.85. The Bertz CT molecular complexity index is 671. The van der Waals surface area contributed by atoms with Crippen molar-refractivity contribution in [3.05, 3.63) is 41.7 Å². The second kappa shape index (κ2) is 6.57. The zero-order valence-corrected chi connectivity index (χ0v) is 14.6. The molecular weight excluding hydrogens is 294 g/mol. The lowest BCUT2D eigenvalue weighted by molar-refractivity contribution is -0.119. The normalized spacial score (nSPS) is 11.5. The fourth-order valence-corrected chi connectivity index (χ4v) is 2.91. The van der Waals surface area contributed by atoms with Crippen molar-refractivity contribution in [1.29, 1.82) is 0 Å². The number of hydrogen-bond donors (Lipinski definition) is 1. The van der Waals surface area contributed by atoms with Crippen LogP contribution in [-0.4, -0.2) is 26.8 Å². The Morgan fingerprint density at radius 2 is 2.05 bits per heavy atom. The number of rotatable bonds is 4. The Kier molecular flexibility index (Phi) is 4.96. The van der Waals surface area contributed by atoms with Gasteiger partial charge >= 0.3 is 0 Å². The van der Waals surface area contributed by atoms with Gasteiger partial charge in [0.1, 0.15) is 0 Å². The highest BCUT2D eigenvalue weighted by Crippen LogP contribution is 2.23. The molecule has 2 aromatic rings. The molecule has 1 N–H and O–H groups in total. The van der Waals surface area contributed by atoms with E-state index in [4.69, 9.17) is 0 Å². The van der Waals surface area contributed by atoms with Crippen LogP contribution in [0.5, 0.6) is 0 Å². The Morgan fingerprint density at radius 1 is 1.32 bits per heavy atom. The molecule has 2 rings (SSSR count). The van der Waals surface area contributed by atoms with E-state index in [0.717, 1.165) is 10.8 Å². The number of amides is 1. The van der Waals surface area contributed by atoms with Gasteiger partial charge in [0.05, 0.1) is 11.4 Å². The summed E-state index contributed by atoms with van der Waals surface area (Å²) in [6.07, 6.45) is 3.71. The second-order valence-electron chi connectivity index (χ2n) is 6.46. The zero-order chi connectivity index (χ0) is 16.3. The van der Waals surface area contributed by atoms with Gasteiger partial charge in [0.15, 0.2) is 5.16 Å². The highest BCUT2D eigenvalue weighted by molar-refractivity contribution is 7.99. The fraction of sp³-hybridized carbons (Fsp3) is 0.412. The summed E-state index contributed by atoms with van der Waals surface area (Å²) < 4.78 is 2.04. The van der Waals surface area contributed by atoms with Crippen molar-refractivity contribution < 1.29 is 4.79 Å². The number of nitrogens with one attached hydrogen (secondary N) is 1. The van der Waals surface area contributed by atoms with Crippen LogP contribution >= 0.6 is 11.8 Å². The molecule has 22 heavy (non-hydrogen) atoms. The molecule has 0 aliphatic heterocycles. The molecule has 0 atom stereocenters. The molecule has 0 saturated carbocycles. The second-order valence-corrected chi connectivity index (χ2v) is 7.40. The number of carbonyl (C=O) groups excluding carboxylic acids is 1. The van der Waals surface area contributed by atoms with Crippen molar-refractivity contribution in [2.75, 3.05) is 5.75 Å². The molecule has 118 valence electrons. The number of benzene rings is 1. The maximum atomic E-state index is 12.0. The Balaban J connectivity index is 2.13. The highest BCUT2D eigenvalue weighted by Gasteiger charge is 2.15. The minimum Gasteiger partial charge on any atom is -0.351 e. The van der Waals surface area contributed by atoms with E-state index in [0.29, 0.717) is 5.75 Å². The molecule has 0 aliphatic rings. The van der Waals surface area contributed by atoms with Gasteiger partial charge in [-0.3, -0.25) is 9.36 Å². The molecule has 0 saturated heterocycles. The summed E-state index contributed by atoms with van der Waals surface area (Å²) in [5.41, 5.74) is 3.29. The Hall–Kier alpha value is -1.75. The smallest absolute Gasteiger partial charge is 0.230 e. The summed E-state index contributed by atoms with van der Waals surface area (Å²) >= 11 is 1.45. The van der Waals surface area contributed by atoms with E-state index < -0.39 is 0 Å². The van der Waals surface area contributed by atoms with E-state index in [1.54, 1.807) is 6.20 Å². The van der Waals surface area contributed by atoms with Crippen LogP contribution in [0.25, 0.3) is 5.69 Å². The number of nitrogens with zero attached hydrogens (tertiary/aromatic N) is 2. The lowest BCUT2D eigenvalue weighted by Gasteiger charge is -2.20. The van der Waals surface area contributed by atoms with Gasteiger partial charge in [0.2, 0.25) is 5.91 Å². The zero-order valence-electron chi connectivity index (χ0n) is 13.8. The van der Waals surface area contributed by atoms with E-state index in [1.165, 1.54) is 22.9 Å². The molecule has 0 bridgehead atoms. The minimum absolute atomic E-state index is 0.0213. The first kappa shape index (κ1) is 16.6. The number of carbonyl (C=O) groups is 1. The van der Waals surface area contributed by atoms with Crippen molar-refractivity contribution >= 4 is 17.7 Å². The largest absolute Gasteiger partial charge is 0.351 e. The number of imidazole rings is 1. The molecule has 1 heterocycles. The molecular formula is C17H23N3OS. The number of aryl methyl sites for hydroxylation is 2. The first-order valence-electron chi connectivity index (χ1n) is 7.31. The Labute approximate surface area is 136 Å². The fourth-order valence-electron chi connectivity index (χ4n) is 2.14. The summed E-state index contributed by atoms with van der Waals surface area (Å²) in [5.74, 6) is 0.382. The van der Waals surface area contributed by atoms with Crippen molar-refractivity contribution in [2.45, 2.75) is 45.3 Å². The standard InChI is InChI=1S/C17H23N3OS/c1-12-6-7-13(2)14(10-12)20-9-8-18-16(20)22-11-15(21)19-17(3,4)5/h6-10H,11H2,1-5H3,(H,19,21). The maximum absolute atomic E-state index is 12.0. The minimum atomic E-state index is -0.208. The van der Waals surface area contributed by atoms with Crippen LogP contribution in [0.3, 0.4) is 0 Å². The highest BCUT2D eigenvalue weighted by atomic mass is 32.2. The topological polar surface area (TPSA) is 46.9 Å². The van der Waals surface area contributed by atoms with Gasteiger partial charge in [0.25, 0.3) is 0 Å². The summed E-state index contributed by atoms with van der Waals surface area (Å²) in [6, 6.07) is 6.33. The van der Waals surface area contributed by atoms with Crippen LogP contribution in [0.2, 0.25) is 0 Å². The van der Waals surface area contributed by atoms with E-state index in [-0.39, 0.29) is 11.4 Å². The van der Waals surface area contributed by atoms with Crippen molar-refractivity contribution in [2.24, 2.45) is 0 Å². The average molecular weight is 317 g/mol. The molecule has 1 aromatic heterocycles. The van der Waals surface area contributed by atoms with Crippen molar-refractivity contribution in [1.82, 2.24) is 14.9 Å². The van der Waals surface area contributed by atoms with E-state index in [2.05, 4.69) is 42.3 Å². The van der Waals surface area contributed by atoms with Crippen LogP contribution in [0.1, 0.15) is 31.9 Å². The maximum Gasteiger partial charge on any atom is 0.230 e. The number of thioether (sulfide) groups is 1. The van der Waals surface area contributed by atoms with E-state index in [1.807, 2.05) is 31.5 Å². The van der Waals surface area contributed by atoms with E-state index >= 15 is 0 Å². The molecule has 1 aromatic carbocycles. The van der Waals surface area contributed by atoms with Crippen molar-refractivity contribution in [3.8, 4) is 5.69 Å². The van der Waals surface area contributed by atoms with Gasteiger partial charge in [-0.15, -0.1) is 0 Å². The van der Waals surface area contributed by atoms with Crippen LogP contribution < -0.4 is 5.32 Å². The third-order valence-electron chi connectivity index (χ3n) is 3.08. The molecule has 0 spiro atoms. The molecule has 0 unspecified atom stereocenters. The first-order chi connectivity index (χ1) is 10.3. The number of hydrogen-bond acceptors (Lipinski definition) is 3. The SMILES string of the molecule is Cc1ccc(C)c(-n2ccnc2SCC(=O)NC(C)(C)C)c1. The van der Waals surface area contributed by atoms with Gasteiger partial charge in [0, 0.05) is 17.9 Å². The van der Waals surface area contributed by atoms with Crippen LogP contribution in [0.4, 0.5) is 0 Å². The monoisotopic (exact) mass is 317 g/mol. The van der Waals surface area contributed by atoms with E-state index in [9.17, 15) is 4.79 Å².